The lowest BCUT2D eigenvalue weighted by molar-refractivity contribution is 0.000615. The first-order chi connectivity index (χ1) is 9.60. The number of pyridine rings is 1. The lowest BCUT2D eigenvalue weighted by Gasteiger charge is -2.29. The molecule has 1 amide bonds. The molecule has 6 nitrogen and oxygen atoms in total. The van der Waals surface area contributed by atoms with Crippen molar-refractivity contribution in [2.75, 3.05) is 6.61 Å². The molecule has 1 aromatic heterocycles. The van der Waals surface area contributed by atoms with Crippen LogP contribution in [0.15, 0.2) is 18.3 Å². The second-order valence-electron chi connectivity index (χ2n) is 4.83. The van der Waals surface area contributed by atoms with Gasteiger partial charge in [0.1, 0.15) is 5.69 Å². The number of hydrogen-bond donors (Lipinski definition) is 2. The average molecular weight is 278 g/mol. The first-order valence-electron chi connectivity index (χ1n) is 6.72. The van der Waals surface area contributed by atoms with Gasteiger partial charge in [0.25, 0.3) is 5.91 Å². The summed E-state index contributed by atoms with van der Waals surface area (Å²) in [5.41, 5.74) is 0.299. The number of ether oxygens (including phenoxy) is 1. The van der Waals surface area contributed by atoms with Gasteiger partial charge < -0.3 is 15.2 Å². The van der Waals surface area contributed by atoms with Crippen LogP contribution in [-0.2, 0) is 4.74 Å². The summed E-state index contributed by atoms with van der Waals surface area (Å²) in [6.45, 7) is 2.71. The molecule has 2 atom stereocenters. The number of carboxylic acids is 1. The SMILES string of the molecule is CCC1CC(NC(=O)c2ccc(C(=O)O)nc2)CCO1. The molecule has 0 saturated carbocycles. The van der Waals surface area contributed by atoms with E-state index in [1.54, 1.807) is 0 Å². The third kappa shape index (κ3) is 3.54. The summed E-state index contributed by atoms with van der Waals surface area (Å²) in [5.74, 6) is -1.33. The Morgan fingerprint density at radius 2 is 2.30 bits per heavy atom. The van der Waals surface area contributed by atoms with Gasteiger partial charge >= 0.3 is 5.97 Å². The highest BCUT2D eigenvalue weighted by molar-refractivity contribution is 5.95. The monoisotopic (exact) mass is 278 g/mol. The van der Waals surface area contributed by atoms with Crippen molar-refractivity contribution in [2.24, 2.45) is 0 Å². The number of carbonyl (C=O) groups excluding carboxylic acids is 1. The summed E-state index contributed by atoms with van der Waals surface area (Å²) >= 11 is 0. The van der Waals surface area contributed by atoms with E-state index in [2.05, 4.69) is 17.2 Å². The first kappa shape index (κ1) is 14.5. The maximum absolute atomic E-state index is 12.0. The molecule has 2 N–H and O–H groups in total. The number of hydrogen-bond acceptors (Lipinski definition) is 4. The van der Waals surface area contributed by atoms with Gasteiger partial charge in [0.05, 0.1) is 11.7 Å². The number of amides is 1. The molecule has 1 aromatic rings. The number of carboxylic acid groups (broad SMARTS) is 1. The predicted molar refractivity (Wildman–Crippen MR) is 71.7 cm³/mol. The second-order valence-corrected chi connectivity index (χ2v) is 4.83. The molecule has 2 unspecified atom stereocenters. The van der Waals surface area contributed by atoms with E-state index in [9.17, 15) is 9.59 Å². The minimum Gasteiger partial charge on any atom is -0.477 e. The van der Waals surface area contributed by atoms with Crippen LogP contribution >= 0.6 is 0 Å². The Labute approximate surface area is 117 Å². The summed E-state index contributed by atoms with van der Waals surface area (Å²) in [4.78, 5) is 26.5. The highest BCUT2D eigenvalue weighted by Crippen LogP contribution is 2.16. The molecule has 20 heavy (non-hydrogen) atoms. The number of rotatable bonds is 4. The van der Waals surface area contributed by atoms with Gasteiger partial charge in [0, 0.05) is 18.8 Å². The van der Waals surface area contributed by atoms with E-state index in [4.69, 9.17) is 9.84 Å². The molecule has 0 radical (unpaired) electrons. The lowest BCUT2D eigenvalue weighted by Crippen LogP contribution is -2.41. The molecule has 1 fully saturated rings. The van der Waals surface area contributed by atoms with Crippen molar-refractivity contribution in [2.45, 2.75) is 38.3 Å². The van der Waals surface area contributed by atoms with Crippen LogP contribution in [0, 0.1) is 0 Å². The number of nitrogens with one attached hydrogen (secondary N) is 1. The van der Waals surface area contributed by atoms with Gasteiger partial charge in [-0.3, -0.25) is 4.79 Å². The number of carbonyl (C=O) groups is 2. The molecule has 0 bridgehead atoms. The number of nitrogens with zero attached hydrogens (tertiary/aromatic N) is 1. The molecule has 2 rings (SSSR count). The molecule has 6 heteroatoms. The molecular weight excluding hydrogens is 260 g/mol. The molecular formula is C14H18N2O4. The van der Waals surface area contributed by atoms with Crippen LogP contribution in [0.5, 0.6) is 0 Å². The van der Waals surface area contributed by atoms with Gasteiger partial charge in [0.15, 0.2) is 0 Å². The largest absolute Gasteiger partial charge is 0.477 e. The molecule has 1 aliphatic rings. The summed E-state index contributed by atoms with van der Waals surface area (Å²) < 4.78 is 5.56. The van der Waals surface area contributed by atoms with E-state index in [-0.39, 0.29) is 23.7 Å². The predicted octanol–water partition coefficient (Wildman–Crippen LogP) is 1.47. The molecule has 2 heterocycles. The highest BCUT2D eigenvalue weighted by atomic mass is 16.5. The molecule has 108 valence electrons. The zero-order valence-electron chi connectivity index (χ0n) is 11.3. The first-order valence-corrected chi connectivity index (χ1v) is 6.72. The Hall–Kier alpha value is -1.95. The van der Waals surface area contributed by atoms with Crippen molar-refractivity contribution in [3.63, 3.8) is 0 Å². The van der Waals surface area contributed by atoms with Gasteiger partial charge in [0.2, 0.25) is 0 Å². The van der Waals surface area contributed by atoms with Crippen LogP contribution in [0.25, 0.3) is 0 Å². The highest BCUT2D eigenvalue weighted by Gasteiger charge is 2.23. The van der Waals surface area contributed by atoms with Crippen LogP contribution in [0.4, 0.5) is 0 Å². The fourth-order valence-corrected chi connectivity index (χ4v) is 2.22. The molecule has 0 spiro atoms. The third-order valence-electron chi connectivity index (χ3n) is 3.40. The van der Waals surface area contributed by atoms with E-state index in [0.29, 0.717) is 12.2 Å². The maximum atomic E-state index is 12.0. The van der Waals surface area contributed by atoms with Crippen molar-refractivity contribution in [3.8, 4) is 0 Å². The van der Waals surface area contributed by atoms with Crippen molar-refractivity contribution < 1.29 is 19.4 Å². The summed E-state index contributed by atoms with van der Waals surface area (Å²) in [7, 11) is 0. The van der Waals surface area contributed by atoms with Gasteiger partial charge in [-0.15, -0.1) is 0 Å². The van der Waals surface area contributed by atoms with E-state index in [1.807, 2.05) is 0 Å². The molecule has 1 aliphatic heterocycles. The minimum atomic E-state index is -1.10. The van der Waals surface area contributed by atoms with Crippen molar-refractivity contribution >= 4 is 11.9 Å². The smallest absolute Gasteiger partial charge is 0.354 e. The van der Waals surface area contributed by atoms with Crippen LogP contribution in [0.1, 0.15) is 47.0 Å². The minimum absolute atomic E-state index is 0.0707. The van der Waals surface area contributed by atoms with Gasteiger partial charge in [-0.25, -0.2) is 9.78 Å². The Morgan fingerprint density at radius 1 is 1.50 bits per heavy atom. The average Bonchev–Trinajstić information content (AvgIpc) is 2.47. The Balaban J connectivity index is 1.95. The van der Waals surface area contributed by atoms with Gasteiger partial charge in [-0.1, -0.05) is 6.92 Å². The molecule has 0 aromatic carbocycles. The van der Waals surface area contributed by atoms with Gasteiger partial charge in [-0.05, 0) is 31.4 Å². The van der Waals surface area contributed by atoms with Crippen LogP contribution in [-0.4, -0.2) is 40.7 Å². The van der Waals surface area contributed by atoms with E-state index in [1.165, 1.54) is 18.3 Å². The van der Waals surface area contributed by atoms with Crippen molar-refractivity contribution in [3.05, 3.63) is 29.6 Å². The summed E-state index contributed by atoms with van der Waals surface area (Å²) in [6, 6.07) is 2.90. The quantitative estimate of drug-likeness (QED) is 0.870. The molecule has 1 saturated heterocycles. The van der Waals surface area contributed by atoms with Gasteiger partial charge in [-0.2, -0.15) is 0 Å². The third-order valence-corrected chi connectivity index (χ3v) is 3.40. The Bertz CT molecular complexity index is 486. The Morgan fingerprint density at radius 3 is 2.90 bits per heavy atom. The van der Waals surface area contributed by atoms with E-state index in [0.717, 1.165) is 19.3 Å². The second kappa shape index (κ2) is 6.47. The lowest BCUT2D eigenvalue weighted by atomic mass is 10.0. The zero-order valence-corrected chi connectivity index (χ0v) is 11.3. The maximum Gasteiger partial charge on any atom is 0.354 e. The molecule has 0 aliphatic carbocycles. The summed E-state index contributed by atoms with van der Waals surface area (Å²) in [5, 5.41) is 11.7. The van der Waals surface area contributed by atoms with Crippen LogP contribution in [0.2, 0.25) is 0 Å². The fourth-order valence-electron chi connectivity index (χ4n) is 2.22. The Kier molecular flexibility index (Phi) is 4.68. The normalized spacial score (nSPS) is 22.2. The summed E-state index contributed by atoms with van der Waals surface area (Å²) in [6.07, 6.45) is 4.02. The topological polar surface area (TPSA) is 88.5 Å². The van der Waals surface area contributed by atoms with Crippen LogP contribution < -0.4 is 5.32 Å². The number of aromatic carboxylic acids is 1. The number of aromatic nitrogens is 1. The standard InChI is InChI=1S/C14H18N2O4/c1-2-11-7-10(5-6-20-11)16-13(17)9-3-4-12(14(18)19)15-8-9/h3-4,8,10-11H,2,5-7H2,1H3,(H,16,17)(H,18,19). The van der Waals surface area contributed by atoms with E-state index < -0.39 is 5.97 Å². The van der Waals surface area contributed by atoms with Crippen molar-refractivity contribution in [1.82, 2.24) is 10.3 Å². The van der Waals surface area contributed by atoms with Crippen LogP contribution in [0.3, 0.4) is 0 Å². The van der Waals surface area contributed by atoms with E-state index >= 15 is 0 Å². The fraction of sp³-hybridized carbons (Fsp3) is 0.500. The zero-order chi connectivity index (χ0) is 14.5. The van der Waals surface area contributed by atoms with Crippen molar-refractivity contribution in [1.29, 1.82) is 0 Å².